The number of carbonyl (C=O) groups is 1. The zero-order valence-corrected chi connectivity index (χ0v) is 16.7. The Hall–Kier alpha value is -2.14. The van der Waals surface area contributed by atoms with Crippen molar-refractivity contribution in [2.75, 3.05) is 5.43 Å². The Morgan fingerprint density at radius 2 is 2.00 bits per heavy atom. The molecule has 0 saturated heterocycles. The van der Waals surface area contributed by atoms with Crippen LogP contribution in [0, 0.1) is 11.3 Å². The van der Waals surface area contributed by atoms with Crippen LogP contribution in [0.1, 0.15) is 70.2 Å². The summed E-state index contributed by atoms with van der Waals surface area (Å²) in [4.78, 5) is 11.4. The van der Waals surface area contributed by atoms with Crippen molar-refractivity contribution in [3.63, 3.8) is 0 Å². The number of carboxylic acids is 1. The van der Waals surface area contributed by atoms with Crippen molar-refractivity contribution in [3.05, 3.63) is 41.0 Å². The third-order valence-electron chi connectivity index (χ3n) is 6.49. The smallest absolute Gasteiger partial charge is 0.337 e. The van der Waals surface area contributed by atoms with Gasteiger partial charge in [0.1, 0.15) is 0 Å². The molecule has 0 heterocycles. The van der Waals surface area contributed by atoms with Gasteiger partial charge >= 0.3 is 5.97 Å². The fraction of sp³-hybridized carbons (Fsp3) is 0.545. The fourth-order valence-corrected chi connectivity index (χ4v) is 4.51. The van der Waals surface area contributed by atoms with Gasteiger partial charge in [-0.3, -0.25) is 5.43 Å². The summed E-state index contributed by atoms with van der Waals surface area (Å²) in [6.07, 6.45) is 4.96. The van der Waals surface area contributed by atoms with Crippen LogP contribution >= 0.6 is 0 Å². The lowest BCUT2D eigenvalue weighted by molar-refractivity contribution is -0.00352. The Morgan fingerprint density at radius 1 is 1.30 bits per heavy atom. The third-order valence-corrected chi connectivity index (χ3v) is 6.49. The van der Waals surface area contributed by atoms with E-state index < -0.39 is 11.6 Å². The average molecular weight is 370 g/mol. The summed E-state index contributed by atoms with van der Waals surface area (Å²) in [5.74, 6) is -0.708. The first-order valence-corrected chi connectivity index (χ1v) is 9.70. The van der Waals surface area contributed by atoms with E-state index in [9.17, 15) is 15.0 Å². The fourth-order valence-electron chi connectivity index (χ4n) is 4.51. The van der Waals surface area contributed by atoms with E-state index in [1.165, 1.54) is 11.1 Å². The van der Waals surface area contributed by atoms with Gasteiger partial charge in [0, 0.05) is 0 Å². The molecule has 27 heavy (non-hydrogen) atoms. The Kier molecular flexibility index (Phi) is 5.17. The number of benzene rings is 1. The third kappa shape index (κ3) is 3.93. The maximum atomic E-state index is 11.4. The highest BCUT2D eigenvalue weighted by Crippen LogP contribution is 2.52. The number of allylic oxidation sites excluding steroid dienone is 2. The largest absolute Gasteiger partial charge is 0.478 e. The maximum absolute atomic E-state index is 11.4. The zero-order chi connectivity index (χ0) is 19.8. The molecule has 2 aliphatic rings. The van der Waals surface area contributed by atoms with Crippen LogP contribution in [-0.4, -0.2) is 27.5 Å². The molecule has 0 spiro atoms. The van der Waals surface area contributed by atoms with Crippen molar-refractivity contribution >= 4 is 17.4 Å². The van der Waals surface area contributed by atoms with E-state index in [0.29, 0.717) is 5.69 Å². The summed E-state index contributed by atoms with van der Waals surface area (Å²) in [6, 6.07) is 6.81. The van der Waals surface area contributed by atoms with Gasteiger partial charge in [0.05, 0.1) is 22.6 Å². The van der Waals surface area contributed by atoms with Crippen LogP contribution in [0.15, 0.2) is 40.5 Å². The molecular weight excluding hydrogens is 340 g/mol. The standard InChI is InChI=1S/C22H30N2O3/c1-14-17-13-15(21(2,3)27)9-11-22(17,4)12-10-18(14)23-24-19-8-6-5-7-16(19)20(25)26/h5-8,15,24,27H,9-13H2,1-4H3,(H,25,26)/b23-18+. The van der Waals surface area contributed by atoms with E-state index in [2.05, 4.69) is 24.4 Å². The topological polar surface area (TPSA) is 81.9 Å². The lowest BCUT2D eigenvalue weighted by Crippen LogP contribution is -2.40. The number of carboxylic acid groups (broad SMARTS) is 1. The van der Waals surface area contributed by atoms with Crippen molar-refractivity contribution in [2.45, 2.75) is 65.4 Å². The second-order valence-corrected chi connectivity index (χ2v) is 8.78. The van der Waals surface area contributed by atoms with Crippen LogP contribution in [0.4, 0.5) is 5.69 Å². The minimum atomic E-state index is -0.968. The first kappa shape index (κ1) is 19.6. The second kappa shape index (κ2) is 7.12. The first-order valence-electron chi connectivity index (χ1n) is 9.70. The molecule has 2 atom stereocenters. The maximum Gasteiger partial charge on any atom is 0.337 e. The number of aliphatic hydroxyl groups is 1. The van der Waals surface area contributed by atoms with Gasteiger partial charge in [-0.05, 0) is 81.9 Å². The molecule has 2 unspecified atom stereocenters. The van der Waals surface area contributed by atoms with Crippen LogP contribution in [0.25, 0.3) is 0 Å². The number of para-hydroxylation sites is 1. The minimum absolute atomic E-state index is 0.184. The molecule has 0 bridgehead atoms. The summed E-state index contributed by atoms with van der Waals surface area (Å²) in [5, 5.41) is 24.4. The molecule has 0 radical (unpaired) electrons. The van der Waals surface area contributed by atoms with Crippen LogP contribution in [0.2, 0.25) is 0 Å². The molecule has 3 N–H and O–H groups in total. The van der Waals surface area contributed by atoms with Crippen LogP contribution in [0.3, 0.4) is 0 Å². The molecule has 5 heteroatoms. The molecule has 146 valence electrons. The highest BCUT2D eigenvalue weighted by atomic mass is 16.4. The van der Waals surface area contributed by atoms with E-state index in [1.54, 1.807) is 24.3 Å². The van der Waals surface area contributed by atoms with E-state index >= 15 is 0 Å². The molecule has 0 amide bonds. The van der Waals surface area contributed by atoms with Crippen molar-refractivity contribution in [1.29, 1.82) is 0 Å². The summed E-state index contributed by atoms with van der Waals surface area (Å²) in [6.45, 7) is 8.25. The van der Waals surface area contributed by atoms with Crippen LogP contribution in [0.5, 0.6) is 0 Å². The molecule has 1 saturated carbocycles. The average Bonchev–Trinajstić information content (AvgIpc) is 2.60. The Balaban J connectivity index is 1.89. The lowest BCUT2D eigenvalue weighted by atomic mass is 9.59. The Labute approximate surface area is 161 Å². The van der Waals surface area contributed by atoms with Crippen LogP contribution in [-0.2, 0) is 0 Å². The first-order chi connectivity index (χ1) is 12.6. The number of hydrogen-bond donors (Lipinski definition) is 3. The van der Waals surface area contributed by atoms with E-state index in [4.69, 9.17) is 0 Å². The van der Waals surface area contributed by atoms with Crippen molar-refractivity contribution in [2.24, 2.45) is 16.4 Å². The lowest BCUT2D eigenvalue weighted by Gasteiger charge is -2.47. The van der Waals surface area contributed by atoms with Gasteiger partial charge in [-0.15, -0.1) is 0 Å². The normalized spacial score (nSPS) is 27.4. The zero-order valence-electron chi connectivity index (χ0n) is 16.7. The number of rotatable bonds is 4. The monoisotopic (exact) mass is 370 g/mol. The van der Waals surface area contributed by atoms with Gasteiger partial charge in [0.2, 0.25) is 0 Å². The SMILES string of the molecule is CC1=C2CC(C(C)(C)O)CCC2(C)CC/C1=N\Nc1ccccc1C(=O)O. The predicted molar refractivity (Wildman–Crippen MR) is 108 cm³/mol. The molecule has 2 aliphatic carbocycles. The van der Waals surface area contributed by atoms with Crippen molar-refractivity contribution < 1.29 is 15.0 Å². The number of anilines is 1. The quantitative estimate of drug-likeness (QED) is 0.662. The Bertz CT molecular complexity index is 804. The van der Waals surface area contributed by atoms with E-state index in [1.807, 2.05) is 13.8 Å². The van der Waals surface area contributed by atoms with E-state index in [-0.39, 0.29) is 16.9 Å². The van der Waals surface area contributed by atoms with Crippen molar-refractivity contribution in [3.8, 4) is 0 Å². The number of aromatic carboxylic acids is 1. The number of nitrogens with one attached hydrogen (secondary N) is 1. The molecule has 0 aliphatic heterocycles. The van der Waals surface area contributed by atoms with Gasteiger partial charge in [-0.1, -0.05) is 24.6 Å². The molecule has 0 aromatic heterocycles. The second-order valence-electron chi connectivity index (χ2n) is 8.78. The predicted octanol–water partition coefficient (Wildman–Crippen LogP) is 4.84. The van der Waals surface area contributed by atoms with Gasteiger partial charge in [0.25, 0.3) is 0 Å². The van der Waals surface area contributed by atoms with Crippen molar-refractivity contribution in [1.82, 2.24) is 0 Å². The number of fused-ring (bicyclic) bond motifs is 1. The summed E-state index contributed by atoms with van der Waals surface area (Å²) in [7, 11) is 0. The molecule has 3 rings (SSSR count). The van der Waals surface area contributed by atoms with E-state index in [0.717, 1.165) is 37.8 Å². The molecule has 5 nitrogen and oxygen atoms in total. The number of hydrogen-bond acceptors (Lipinski definition) is 4. The number of hydrazone groups is 1. The molecule has 1 aromatic rings. The summed E-state index contributed by atoms with van der Waals surface area (Å²) < 4.78 is 0. The summed E-state index contributed by atoms with van der Waals surface area (Å²) >= 11 is 0. The summed E-state index contributed by atoms with van der Waals surface area (Å²) in [5.41, 5.74) is 6.77. The van der Waals surface area contributed by atoms with Gasteiger partial charge in [0.15, 0.2) is 0 Å². The minimum Gasteiger partial charge on any atom is -0.478 e. The highest BCUT2D eigenvalue weighted by Gasteiger charge is 2.43. The van der Waals surface area contributed by atoms with Crippen LogP contribution < -0.4 is 5.43 Å². The molecular formula is C22H30N2O3. The molecule has 1 aromatic carbocycles. The number of nitrogens with zero attached hydrogens (tertiary/aromatic N) is 1. The van der Waals surface area contributed by atoms with Gasteiger partial charge in [-0.25, -0.2) is 4.79 Å². The van der Waals surface area contributed by atoms with Gasteiger partial charge < -0.3 is 10.2 Å². The van der Waals surface area contributed by atoms with Gasteiger partial charge in [-0.2, -0.15) is 5.10 Å². The highest BCUT2D eigenvalue weighted by molar-refractivity contribution is 6.02. The molecule has 1 fully saturated rings. The Morgan fingerprint density at radius 3 is 2.67 bits per heavy atom.